The van der Waals surface area contributed by atoms with E-state index in [-0.39, 0.29) is 0 Å². The Hall–Kier alpha value is -1.44. The minimum atomic E-state index is -3.77. The Morgan fingerprint density at radius 3 is 2.71 bits per heavy atom. The van der Waals surface area contributed by atoms with Crippen LogP contribution in [0.3, 0.4) is 0 Å². The highest BCUT2D eigenvalue weighted by molar-refractivity contribution is 7.90. The molecule has 1 saturated heterocycles. The molecule has 1 aromatic rings. The lowest BCUT2D eigenvalue weighted by Crippen LogP contribution is -2.42. The first-order valence-electron chi connectivity index (χ1n) is 6.73. The van der Waals surface area contributed by atoms with Crippen molar-refractivity contribution in [2.45, 2.75) is 37.7 Å². The van der Waals surface area contributed by atoms with E-state index in [4.69, 9.17) is 4.74 Å². The summed E-state index contributed by atoms with van der Waals surface area (Å²) in [7, 11) is -3.77. The zero-order chi connectivity index (χ0) is 15.6. The number of sulfonamides is 1. The predicted octanol–water partition coefficient (Wildman–Crippen LogP) is 1.22. The second-order valence-corrected chi connectivity index (χ2v) is 7.18. The van der Waals surface area contributed by atoms with Crippen LogP contribution >= 0.6 is 0 Å². The summed E-state index contributed by atoms with van der Waals surface area (Å²) in [5.41, 5.74) is 1.29. The monoisotopic (exact) mass is 313 g/mol. The maximum atomic E-state index is 12.4. The molecule has 6 nitrogen and oxygen atoms in total. The predicted molar refractivity (Wildman–Crippen MR) is 77.4 cm³/mol. The average Bonchev–Trinajstić information content (AvgIpc) is 2.83. The largest absolute Gasteiger partial charge is 0.480 e. The van der Waals surface area contributed by atoms with E-state index in [2.05, 4.69) is 4.72 Å². The Kier molecular flexibility index (Phi) is 4.65. The van der Waals surface area contributed by atoms with Crippen LogP contribution in [-0.2, 0) is 19.6 Å². The van der Waals surface area contributed by atoms with E-state index < -0.39 is 33.4 Å². The van der Waals surface area contributed by atoms with E-state index in [0.29, 0.717) is 18.6 Å². The number of hydrogen-bond acceptors (Lipinski definition) is 4. The van der Waals surface area contributed by atoms with Gasteiger partial charge in [0, 0.05) is 6.61 Å². The molecular weight excluding hydrogens is 294 g/mol. The van der Waals surface area contributed by atoms with Crippen LogP contribution in [0.15, 0.2) is 24.3 Å². The Labute approximate surface area is 124 Å². The summed E-state index contributed by atoms with van der Waals surface area (Å²) in [5.74, 6) is -1.23. The van der Waals surface area contributed by atoms with Gasteiger partial charge in [-0.25, -0.2) is 8.42 Å². The van der Waals surface area contributed by atoms with E-state index >= 15 is 0 Å². The smallest absolute Gasteiger partial charge is 0.326 e. The van der Waals surface area contributed by atoms with Gasteiger partial charge in [-0.05, 0) is 25.8 Å². The first-order chi connectivity index (χ1) is 9.81. The Morgan fingerprint density at radius 2 is 2.19 bits per heavy atom. The van der Waals surface area contributed by atoms with Gasteiger partial charge in [-0.3, -0.25) is 4.79 Å². The molecule has 0 bridgehead atoms. The van der Waals surface area contributed by atoms with Crippen molar-refractivity contribution < 1.29 is 23.1 Å². The van der Waals surface area contributed by atoms with E-state index in [1.165, 1.54) is 0 Å². The molecule has 3 atom stereocenters. The molecule has 0 amide bonds. The molecule has 1 heterocycles. The number of hydrogen-bond donors (Lipinski definition) is 2. The van der Waals surface area contributed by atoms with Gasteiger partial charge in [0.1, 0.15) is 11.3 Å². The number of benzene rings is 1. The van der Waals surface area contributed by atoms with Crippen LogP contribution in [0, 0.1) is 6.92 Å². The summed E-state index contributed by atoms with van der Waals surface area (Å²) >= 11 is 0. The molecule has 116 valence electrons. The lowest BCUT2D eigenvalue weighted by Gasteiger charge is -2.20. The molecule has 0 radical (unpaired) electrons. The lowest BCUT2D eigenvalue weighted by molar-refractivity contribution is -0.139. The molecule has 2 rings (SSSR count). The molecule has 0 spiro atoms. The van der Waals surface area contributed by atoms with Crippen LogP contribution in [0.5, 0.6) is 0 Å². The second kappa shape index (κ2) is 6.13. The third kappa shape index (κ3) is 3.61. The number of carboxylic acids is 1. The van der Waals surface area contributed by atoms with Gasteiger partial charge in [0.15, 0.2) is 0 Å². The van der Waals surface area contributed by atoms with Crippen molar-refractivity contribution in [3.8, 4) is 0 Å². The van der Waals surface area contributed by atoms with Gasteiger partial charge in [0.25, 0.3) is 0 Å². The Bertz CT molecular complexity index is 628. The van der Waals surface area contributed by atoms with Crippen LogP contribution in [0.25, 0.3) is 0 Å². The standard InChI is InChI=1S/C14H19NO5S/c1-9-4-3-5-11(8-9)13(14(16)17)15-21(18,19)12-6-7-20-10(12)2/h3-5,8,10,12-13,15H,6-7H2,1-2H3,(H,16,17). The highest BCUT2D eigenvalue weighted by Crippen LogP contribution is 2.23. The minimum absolute atomic E-state index is 0.370. The van der Waals surface area contributed by atoms with Crippen LogP contribution in [0.4, 0.5) is 0 Å². The zero-order valence-corrected chi connectivity index (χ0v) is 12.8. The molecular formula is C14H19NO5S. The minimum Gasteiger partial charge on any atom is -0.480 e. The Morgan fingerprint density at radius 1 is 1.48 bits per heavy atom. The summed E-state index contributed by atoms with van der Waals surface area (Å²) in [4.78, 5) is 11.4. The van der Waals surface area contributed by atoms with Gasteiger partial charge < -0.3 is 9.84 Å². The molecule has 2 N–H and O–H groups in total. The third-order valence-electron chi connectivity index (χ3n) is 3.61. The van der Waals surface area contributed by atoms with Crippen molar-refractivity contribution in [3.05, 3.63) is 35.4 Å². The fourth-order valence-corrected chi connectivity index (χ4v) is 4.21. The molecule has 3 unspecified atom stereocenters. The average molecular weight is 313 g/mol. The molecule has 1 aliphatic rings. The maximum Gasteiger partial charge on any atom is 0.326 e. The number of aryl methyl sites for hydroxylation is 1. The van der Waals surface area contributed by atoms with E-state index in [1.807, 2.05) is 13.0 Å². The van der Waals surface area contributed by atoms with Gasteiger partial charge >= 0.3 is 5.97 Å². The van der Waals surface area contributed by atoms with E-state index in [1.54, 1.807) is 25.1 Å². The van der Waals surface area contributed by atoms with Crippen LogP contribution in [0.2, 0.25) is 0 Å². The number of rotatable bonds is 5. The summed E-state index contributed by atoms with van der Waals surface area (Å²) in [6.45, 7) is 3.87. The summed E-state index contributed by atoms with van der Waals surface area (Å²) < 4.78 is 32.3. The summed E-state index contributed by atoms with van der Waals surface area (Å²) in [5, 5.41) is 8.61. The first-order valence-corrected chi connectivity index (χ1v) is 8.28. The van der Waals surface area contributed by atoms with Crippen molar-refractivity contribution in [1.29, 1.82) is 0 Å². The summed E-state index contributed by atoms with van der Waals surface area (Å²) in [6, 6.07) is 5.50. The Balaban J connectivity index is 2.26. The van der Waals surface area contributed by atoms with Gasteiger partial charge in [0.05, 0.1) is 6.10 Å². The molecule has 1 aliphatic heterocycles. The van der Waals surface area contributed by atoms with Crippen LogP contribution in [0.1, 0.15) is 30.5 Å². The van der Waals surface area contributed by atoms with Gasteiger partial charge in [0.2, 0.25) is 10.0 Å². The number of carbonyl (C=O) groups is 1. The van der Waals surface area contributed by atoms with Gasteiger partial charge in [-0.1, -0.05) is 29.8 Å². The fraction of sp³-hybridized carbons (Fsp3) is 0.500. The normalized spacial score (nSPS) is 23.9. The molecule has 1 aromatic carbocycles. The highest BCUT2D eigenvalue weighted by atomic mass is 32.2. The van der Waals surface area contributed by atoms with E-state index in [9.17, 15) is 18.3 Å². The quantitative estimate of drug-likeness (QED) is 0.852. The molecule has 0 aliphatic carbocycles. The third-order valence-corrected chi connectivity index (χ3v) is 5.59. The van der Waals surface area contributed by atoms with Crippen LogP contribution in [-0.4, -0.2) is 37.5 Å². The molecule has 0 aromatic heterocycles. The number of carboxylic acid groups (broad SMARTS) is 1. The van der Waals surface area contributed by atoms with Crippen molar-refractivity contribution in [2.24, 2.45) is 0 Å². The number of aliphatic carboxylic acids is 1. The van der Waals surface area contributed by atoms with Crippen molar-refractivity contribution >= 4 is 16.0 Å². The van der Waals surface area contributed by atoms with Crippen molar-refractivity contribution in [3.63, 3.8) is 0 Å². The summed E-state index contributed by atoms with van der Waals surface area (Å²) in [6.07, 6.45) is -0.0640. The molecule has 1 fully saturated rings. The first kappa shape index (κ1) is 15.9. The van der Waals surface area contributed by atoms with E-state index in [0.717, 1.165) is 5.56 Å². The topological polar surface area (TPSA) is 92.7 Å². The molecule has 7 heteroatoms. The van der Waals surface area contributed by atoms with Gasteiger partial charge in [-0.2, -0.15) is 4.72 Å². The lowest BCUT2D eigenvalue weighted by atomic mass is 10.1. The van der Waals surface area contributed by atoms with Crippen LogP contribution < -0.4 is 4.72 Å². The van der Waals surface area contributed by atoms with Gasteiger partial charge in [-0.15, -0.1) is 0 Å². The van der Waals surface area contributed by atoms with Crippen molar-refractivity contribution in [1.82, 2.24) is 4.72 Å². The highest BCUT2D eigenvalue weighted by Gasteiger charge is 2.38. The maximum absolute atomic E-state index is 12.4. The van der Waals surface area contributed by atoms with Crippen molar-refractivity contribution in [2.75, 3.05) is 6.61 Å². The zero-order valence-electron chi connectivity index (χ0n) is 11.9. The SMILES string of the molecule is Cc1cccc(C(NS(=O)(=O)C2CCOC2C)C(=O)O)c1. The number of nitrogens with one attached hydrogen (secondary N) is 1. The fourth-order valence-electron chi connectivity index (χ4n) is 2.48. The number of ether oxygens (including phenoxy) is 1. The molecule has 0 saturated carbocycles. The molecule has 21 heavy (non-hydrogen) atoms. The second-order valence-electron chi connectivity index (χ2n) is 5.25.